The fourth-order valence-corrected chi connectivity index (χ4v) is 2.58. The molecular weight excluding hydrogens is 276 g/mol. The van der Waals surface area contributed by atoms with Crippen molar-refractivity contribution in [1.82, 2.24) is 5.32 Å². The van der Waals surface area contributed by atoms with E-state index in [0.29, 0.717) is 28.9 Å². The van der Waals surface area contributed by atoms with Gasteiger partial charge in [0.25, 0.3) is 0 Å². The zero-order valence-corrected chi connectivity index (χ0v) is 12.5. The highest BCUT2D eigenvalue weighted by atomic mass is 35.5. The van der Waals surface area contributed by atoms with Crippen molar-refractivity contribution < 1.29 is 9.53 Å². The van der Waals surface area contributed by atoms with Gasteiger partial charge in [0.15, 0.2) is 0 Å². The number of benzene rings is 1. The van der Waals surface area contributed by atoms with Crippen LogP contribution in [0.2, 0.25) is 5.02 Å². The summed E-state index contributed by atoms with van der Waals surface area (Å²) in [6, 6.07) is 5.69. The van der Waals surface area contributed by atoms with Gasteiger partial charge >= 0.3 is 0 Å². The molecule has 2 N–H and O–H groups in total. The second kappa shape index (κ2) is 7.50. The zero-order chi connectivity index (χ0) is 14.4. The molecule has 5 heteroatoms. The van der Waals surface area contributed by atoms with Crippen molar-refractivity contribution >= 4 is 23.2 Å². The van der Waals surface area contributed by atoms with Gasteiger partial charge in [-0.15, -0.1) is 0 Å². The highest BCUT2D eigenvalue weighted by Crippen LogP contribution is 2.26. The van der Waals surface area contributed by atoms with Crippen molar-refractivity contribution in [2.45, 2.75) is 38.1 Å². The van der Waals surface area contributed by atoms with Crippen LogP contribution in [0.4, 0.5) is 5.69 Å². The number of hydrogen-bond donors (Lipinski definition) is 2. The fraction of sp³-hybridized carbons (Fsp3) is 0.533. The number of rotatable bonds is 5. The van der Waals surface area contributed by atoms with E-state index in [4.69, 9.17) is 16.3 Å². The molecule has 1 aromatic rings. The van der Waals surface area contributed by atoms with Crippen molar-refractivity contribution in [3.05, 3.63) is 23.2 Å². The van der Waals surface area contributed by atoms with Crippen LogP contribution in [0, 0.1) is 0 Å². The van der Waals surface area contributed by atoms with Gasteiger partial charge in [0.05, 0.1) is 17.8 Å². The van der Waals surface area contributed by atoms with E-state index in [0.717, 1.165) is 19.4 Å². The summed E-state index contributed by atoms with van der Waals surface area (Å²) in [4.78, 5) is 12.0. The second-order valence-electron chi connectivity index (χ2n) is 5.08. The Morgan fingerprint density at radius 1 is 1.50 bits per heavy atom. The Morgan fingerprint density at radius 2 is 2.35 bits per heavy atom. The van der Waals surface area contributed by atoms with E-state index in [1.807, 2.05) is 0 Å². The highest BCUT2D eigenvalue weighted by Gasteiger charge is 2.14. The first-order valence-electron chi connectivity index (χ1n) is 7.06. The van der Waals surface area contributed by atoms with E-state index < -0.39 is 0 Å². The number of hydrogen-bond acceptors (Lipinski definition) is 3. The highest BCUT2D eigenvalue weighted by molar-refractivity contribution is 6.33. The van der Waals surface area contributed by atoms with Crippen molar-refractivity contribution in [2.75, 3.05) is 19.0 Å². The van der Waals surface area contributed by atoms with E-state index in [1.54, 1.807) is 25.3 Å². The number of carbonyl (C=O) groups excluding carboxylic acids is 1. The van der Waals surface area contributed by atoms with Gasteiger partial charge in [-0.25, -0.2) is 0 Å². The van der Waals surface area contributed by atoms with Crippen LogP contribution in [0.25, 0.3) is 0 Å². The third-order valence-corrected chi connectivity index (χ3v) is 3.91. The second-order valence-corrected chi connectivity index (χ2v) is 5.49. The Bertz CT molecular complexity index is 459. The van der Waals surface area contributed by atoms with Gasteiger partial charge < -0.3 is 15.4 Å². The minimum Gasteiger partial charge on any atom is -0.497 e. The van der Waals surface area contributed by atoms with E-state index in [2.05, 4.69) is 10.6 Å². The topological polar surface area (TPSA) is 50.4 Å². The van der Waals surface area contributed by atoms with E-state index >= 15 is 0 Å². The van der Waals surface area contributed by atoms with Crippen LogP contribution in [-0.2, 0) is 4.79 Å². The fourth-order valence-electron chi connectivity index (χ4n) is 2.42. The van der Waals surface area contributed by atoms with Crippen molar-refractivity contribution in [3.8, 4) is 5.75 Å². The largest absolute Gasteiger partial charge is 0.497 e. The summed E-state index contributed by atoms with van der Waals surface area (Å²) in [5.74, 6) is 0.672. The van der Waals surface area contributed by atoms with Gasteiger partial charge in [0, 0.05) is 18.5 Å². The first-order chi connectivity index (χ1) is 9.69. The van der Waals surface area contributed by atoms with Crippen LogP contribution >= 0.6 is 11.6 Å². The molecule has 0 aromatic heterocycles. The maximum Gasteiger partial charge on any atom is 0.224 e. The van der Waals surface area contributed by atoms with Crippen molar-refractivity contribution in [3.63, 3.8) is 0 Å². The van der Waals surface area contributed by atoms with E-state index in [1.165, 1.54) is 12.8 Å². The number of anilines is 1. The summed E-state index contributed by atoms with van der Waals surface area (Å²) in [7, 11) is 1.59. The Kier molecular flexibility index (Phi) is 5.68. The minimum absolute atomic E-state index is 0.00692. The molecule has 1 aliphatic heterocycles. The lowest BCUT2D eigenvalue weighted by atomic mass is 10.0. The number of amides is 1. The molecule has 4 nitrogen and oxygen atoms in total. The lowest BCUT2D eigenvalue weighted by Gasteiger charge is -2.23. The van der Waals surface area contributed by atoms with Crippen molar-refractivity contribution in [2.24, 2.45) is 0 Å². The minimum atomic E-state index is -0.00692. The van der Waals surface area contributed by atoms with Crippen LogP contribution < -0.4 is 15.4 Å². The van der Waals surface area contributed by atoms with Gasteiger partial charge in [-0.1, -0.05) is 18.0 Å². The average molecular weight is 297 g/mol. The number of methoxy groups -OCH3 is 1. The molecule has 1 atom stereocenters. The van der Waals surface area contributed by atoms with Gasteiger partial charge in [-0.3, -0.25) is 4.79 Å². The molecule has 1 saturated heterocycles. The monoisotopic (exact) mass is 296 g/mol. The molecule has 1 unspecified atom stereocenters. The molecule has 110 valence electrons. The van der Waals surface area contributed by atoms with Crippen LogP contribution in [-0.4, -0.2) is 25.6 Å². The summed E-state index contributed by atoms with van der Waals surface area (Å²) in [6.45, 7) is 1.06. The van der Waals surface area contributed by atoms with E-state index in [-0.39, 0.29) is 5.91 Å². The molecule has 0 bridgehead atoms. The Labute approximate surface area is 124 Å². The van der Waals surface area contributed by atoms with Crippen LogP contribution in [0.1, 0.15) is 32.1 Å². The summed E-state index contributed by atoms with van der Waals surface area (Å²) in [5, 5.41) is 6.81. The van der Waals surface area contributed by atoms with E-state index in [9.17, 15) is 4.79 Å². The SMILES string of the molecule is COc1ccc(Cl)c(NC(=O)CCC2CCCCN2)c1. The predicted molar refractivity (Wildman–Crippen MR) is 81.5 cm³/mol. The molecule has 0 radical (unpaired) electrons. The molecule has 0 spiro atoms. The molecular formula is C15H21ClN2O2. The number of ether oxygens (including phenoxy) is 1. The summed E-state index contributed by atoms with van der Waals surface area (Å²) in [6.07, 6.45) is 5.02. The molecule has 1 aromatic carbocycles. The number of piperidine rings is 1. The van der Waals surface area contributed by atoms with Gasteiger partial charge in [0.2, 0.25) is 5.91 Å². The molecule has 1 fully saturated rings. The van der Waals surface area contributed by atoms with Crippen LogP contribution in [0.15, 0.2) is 18.2 Å². The summed E-state index contributed by atoms with van der Waals surface area (Å²) < 4.78 is 5.13. The quantitative estimate of drug-likeness (QED) is 0.877. The maximum absolute atomic E-state index is 12.0. The number of halogens is 1. The number of carbonyl (C=O) groups is 1. The molecule has 2 rings (SSSR count). The zero-order valence-electron chi connectivity index (χ0n) is 11.7. The molecule has 1 heterocycles. The average Bonchev–Trinajstić information content (AvgIpc) is 2.48. The lowest BCUT2D eigenvalue weighted by Crippen LogP contribution is -2.34. The standard InChI is InChI=1S/C15H21ClN2O2/c1-20-12-6-7-13(16)14(10-12)18-15(19)8-5-11-4-2-3-9-17-11/h6-7,10-11,17H,2-5,8-9H2,1H3,(H,18,19). The summed E-state index contributed by atoms with van der Waals surface area (Å²) in [5.41, 5.74) is 0.604. The first-order valence-corrected chi connectivity index (χ1v) is 7.43. The van der Waals surface area contributed by atoms with Crippen molar-refractivity contribution in [1.29, 1.82) is 0 Å². The normalized spacial score (nSPS) is 18.6. The number of nitrogens with one attached hydrogen (secondary N) is 2. The van der Waals surface area contributed by atoms with Crippen LogP contribution in [0.3, 0.4) is 0 Å². The maximum atomic E-state index is 12.0. The van der Waals surface area contributed by atoms with Gasteiger partial charge in [0.1, 0.15) is 5.75 Å². The predicted octanol–water partition coefficient (Wildman–Crippen LogP) is 3.21. The first kappa shape index (κ1) is 15.1. The molecule has 0 saturated carbocycles. The van der Waals surface area contributed by atoms with Gasteiger partial charge in [-0.2, -0.15) is 0 Å². The third-order valence-electron chi connectivity index (χ3n) is 3.58. The Balaban J connectivity index is 1.84. The molecule has 20 heavy (non-hydrogen) atoms. The Hall–Kier alpha value is -1.26. The van der Waals surface area contributed by atoms with Crippen LogP contribution in [0.5, 0.6) is 5.75 Å². The molecule has 1 aliphatic rings. The van der Waals surface area contributed by atoms with Gasteiger partial charge in [-0.05, 0) is 37.9 Å². The molecule has 0 aliphatic carbocycles. The smallest absolute Gasteiger partial charge is 0.224 e. The third kappa shape index (κ3) is 4.39. The Morgan fingerprint density at radius 3 is 3.05 bits per heavy atom. The summed E-state index contributed by atoms with van der Waals surface area (Å²) >= 11 is 6.06. The molecule has 1 amide bonds. The lowest BCUT2D eigenvalue weighted by molar-refractivity contribution is -0.116.